The van der Waals surface area contributed by atoms with Crippen LogP contribution in [-0.2, 0) is 13.0 Å². The smallest absolute Gasteiger partial charge is 0.387 e. The molecule has 0 spiro atoms. The van der Waals surface area contributed by atoms with Crippen LogP contribution >= 0.6 is 0 Å². The van der Waals surface area contributed by atoms with E-state index in [0.29, 0.717) is 17.7 Å². The van der Waals surface area contributed by atoms with Gasteiger partial charge in [0.05, 0.1) is 12.1 Å². The number of carbonyl (C=O) groups is 1. The molecule has 0 radical (unpaired) electrons. The Bertz CT molecular complexity index is 1210. The number of carbonyl (C=O) groups excluding carboxylic acids is 1. The number of aryl methyl sites for hydroxylation is 1. The summed E-state index contributed by atoms with van der Waals surface area (Å²) >= 11 is 0. The molecule has 0 aliphatic rings. The number of nitrogens with two attached hydrogens (primary N) is 1. The molecule has 0 fully saturated rings. The maximum Gasteiger partial charge on any atom is 0.387 e. The Balaban J connectivity index is 1.98. The van der Waals surface area contributed by atoms with Crippen LogP contribution in [0.5, 0.6) is 5.75 Å². The molecule has 0 aliphatic heterocycles. The summed E-state index contributed by atoms with van der Waals surface area (Å²) in [6, 6.07) is 18.2. The van der Waals surface area contributed by atoms with Gasteiger partial charge in [-0.05, 0) is 36.2 Å². The van der Waals surface area contributed by atoms with Crippen molar-refractivity contribution in [1.29, 1.82) is 0 Å². The van der Waals surface area contributed by atoms with E-state index in [4.69, 9.17) is 10.5 Å². The zero-order valence-corrected chi connectivity index (χ0v) is 15.9. The zero-order chi connectivity index (χ0) is 20.5. The van der Waals surface area contributed by atoms with Gasteiger partial charge in [-0.15, -0.1) is 0 Å². The Morgan fingerprint density at radius 1 is 1.07 bits per heavy atom. The number of para-hydroxylation sites is 1. The molecule has 1 amide bonds. The number of alkyl halides is 2. The summed E-state index contributed by atoms with van der Waals surface area (Å²) in [7, 11) is 0. The molecule has 0 aliphatic carbocycles. The lowest BCUT2D eigenvalue weighted by Gasteiger charge is -2.13. The van der Waals surface area contributed by atoms with Gasteiger partial charge < -0.3 is 15.0 Å². The maximum absolute atomic E-state index is 12.8. The van der Waals surface area contributed by atoms with Crippen molar-refractivity contribution in [3.8, 4) is 5.75 Å². The summed E-state index contributed by atoms with van der Waals surface area (Å²) in [6.45, 7) is -0.519. The van der Waals surface area contributed by atoms with Crippen LogP contribution < -0.4 is 10.5 Å². The predicted octanol–water partition coefficient (Wildman–Crippen LogP) is 5.11. The van der Waals surface area contributed by atoms with E-state index in [9.17, 15) is 13.6 Å². The van der Waals surface area contributed by atoms with Gasteiger partial charge in [-0.1, -0.05) is 43.3 Å². The first-order valence-electron chi connectivity index (χ1n) is 9.36. The molecule has 4 nitrogen and oxygen atoms in total. The van der Waals surface area contributed by atoms with Crippen LogP contribution in [0.3, 0.4) is 0 Å². The first kappa shape index (κ1) is 18.9. The summed E-state index contributed by atoms with van der Waals surface area (Å²) in [5, 5.41) is 1.67. The van der Waals surface area contributed by atoms with Gasteiger partial charge in [0.25, 0.3) is 0 Å². The van der Waals surface area contributed by atoms with Crippen molar-refractivity contribution in [1.82, 2.24) is 4.57 Å². The van der Waals surface area contributed by atoms with E-state index in [0.717, 1.165) is 33.8 Å². The van der Waals surface area contributed by atoms with Crippen LogP contribution in [0.25, 0.3) is 21.8 Å². The number of benzene rings is 3. The monoisotopic (exact) mass is 394 g/mol. The molecule has 0 unspecified atom stereocenters. The summed E-state index contributed by atoms with van der Waals surface area (Å²) in [5.41, 5.74) is 9.55. The lowest BCUT2D eigenvalue weighted by molar-refractivity contribution is -0.0504. The van der Waals surface area contributed by atoms with Crippen LogP contribution in [0, 0.1) is 0 Å². The van der Waals surface area contributed by atoms with Crippen LogP contribution in [0.15, 0.2) is 60.7 Å². The fourth-order valence-corrected chi connectivity index (χ4v) is 3.80. The third-order valence-corrected chi connectivity index (χ3v) is 5.15. The van der Waals surface area contributed by atoms with Crippen molar-refractivity contribution in [2.45, 2.75) is 26.5 Å². The molecule has 2 N–H and O–H groups in total. The molecule has 148 valence electrons. The first-order chi connectivity index (χ1) is 14.0. The summed E-state index contributed by atoms with van der Waals surface area (Å²) in [6.07, 6.45) is 0.852. The highest BCUT2D eigenvalue weighted by Crippen LogP contribution is 2.34. The second-order valence-electron chi connectivity index (χ2n) is 6.84. The van der Waals surface area contributed by atoms with Crippen LogP contribution in [-0.4, -0.2) is 17.1 Å². The van der Waals surface area contributed by atoms with E-state index in [1.807, 2.05) is 22.8 Å². The minimum absolute atomic E-state index is 0.134. The molecule has 0 saturated heterocycles. The minimum atomic E-state index is -2.90. The number of rotatable bonds is 6. The zero-order valence-electron chi connectivity index (χ0n) is 15.9. The molecule has 0 bridgehead atoms. The Morgan fingerprint density at radius 3 is 2.59 bits per heavy atom. The highest BCUT2D eigenvalue weighted by Gasteiger charge is 2.18. The normalized spacial score (nSPS) is 11.4. The van der Waals surface area contributed by atoms with Gasteiger partial charge in [0.2, 0.25) is 5.91 Å². The lowest BCUT2D eigenvalue weighted by atomic mass is 10.0. The first-order valence-corrected chi connectivity index (χ1v) is 9.36. The van der Waals surface area contributed by atoms with Gasteiger partial charge in [-0.25, -0.2) is 0 Å². The molecule has 4 aromatic rings. The highest BCUT2D eigenvalue weighted by molar-refractivity contribution is 6.18. The Morgan fingerprint density at radius 2 is 1.86 bits per heavy atom. The van der Waals surface area contributed by atoms with E-state index in [2.05, 4.69) is 13.0 Å². The molecule has 29 heavy (non-hydrogen) atoms. The molecule has 6 heteroatoms. The van der Waals surface area contributed by atoms with Gasteiger partial charge >= 0.3 is 6.61 Å². The quantitative estimate of drug-likeness (QED) is 0.494. The van der Waals surface area contributed by atoms with Crippen molar-refractivity contribution in [3.63, 3.8) is 0 Å². The number of halogens is 2. The van der Waals surface area contributed by atoms with Gasteiger partial charge in [-0.2, -0.15) is 8.78 Å². The molecular formula is C23H20F2N2O2. The van der Waals surface area contributed by atoms with Gasteiger partial charge in [0, 0.05) is 27.4 Å². The topological polar surface area (TPSA) is 57.2 Å². The minimum Gasteiger partial charge on any atom is -0.434 e. The summed E-state index contributed by atoms with van der Waals surface area (Å²) in [5.74, 6) is -0.370. The van der Waals surface area contributed by atoms with Crippen LogP contribution in [0.1, 0.15) is 28.4 Å². The Kier molecular flexibility index (Phi) is 4.92. The number of nitrogens with zero attached hydrogens (tertiary/aromatic N) is 1. The van der Waals surface area contributed by atoms with Gasteiger partial charge in [-0.3, -0.25) is 4.79 Å². The van der Waals surface area contributed by atoms with Crippen LogP contribution in [0.4, 0.5) is 8.78 Å². The largest absolute Gasteiger partial charge is 0.434 e. The number of hydrogen-bond donors (Lipinski definition) is 1. The molecular weight excluding hydrogens is 374 g/mol. The van der Waals surface area contributed by atoms with Crippen LogP contribution in [0.2, 0.25) is 0 Å². The Labute approximate surface area is 166 Å². The number of fused-ring (bicyclic) bond motifs is 3. The number of amides is 1. The standard InChI is InChI=1S/C23H20F2N2O2/c1-2-14-10-11-16-19(12-14)27(18-8-5-7-17(21(16)18)22(26)28)13-15-6-3-4-9-20(15)29-23(24)25/h3-12,23H,2,13H2,1H3,(H2,26,28). The van der Waals surface area contributed by atoms with Crippen molar-refractivity contribution < 1.29 is 18.3 Å². The van der Waals surface area contributed by atoms with E-state index >= 15 is 0 Å². The number of aromatic nitrogens is 1. The molecule has 0 saturated carbocycles. The molecule has 1 aromatic heterocycles. The van der Waals surface area contributed by atoms with E-state index in [1.54, 1.807) is 30.3 Å². The molecule has 0 atom stereocenters. The molecule has 1 heterocycles. The maximum atomic E-state index is 12.8. The van der Waals surface area contributed by atoms with Gasteiger partial charge in [0.1, 0.15) is 5.75 Å². The Hall–Kier alpha value is -3.41. The van der Waals surface area contributed by atoms with E-state index in [1.165, 1.54) is 6.07 Å². The fraction of sp³-hybridized carbons (Fsp3) is 0.174. The van der Waals surface area contributed by atoms with E-state index in [-0.39, 0.29) is 5.75 Å². The SMILES string of the molecule is CCc1ccc2c3c(C(N)=O)cccc3n(Cc3ccccc3OC(F)F)c2c1. The van der Waals surface area contributed by atoms with E-state index < -0.39 is 12.5 Å². The average Bonchev–Trinajstić information content (AvgIpc) is 3.02. The third kappa shape index (κ3) is 3.42. The second-order valence-corrected chi connectivity index (χ2v) is 6.84. The number of hydrogen-bond acceptors (Lipinski definition) is 2. The highest BCUT2D eigenvalue weighted by atomic mass is 19.3. The predicted molar refractivity (Wildman–Crippen MR) is 110 cm³/mol. The second kappa shape index (κ2) is 7.54. The van der Waals surface area contributed by atoms with Crippen molar-refractivity contribution in [2.75, 3.05) is 0 Å². The number of primary amides is 1. The molecule has 3 aromatic carbocycles. The summed E-state index contributed by atoms with van der Waals surface area (Å²) < 4.78 is 32.4. The third-order valence-electron chi connectivity index (χ3n) is 5.15. The number of ether oxygens (including phenoxy) is 1. The average molecular weight is 394 g/mol. The van der Waals surface area contributed by atoms with Gasteiger partial charge in [0.15, 0.2) is 0 Å². The fourth-order valence-electron chi connectivity index (χ4n) is 3.80. The molecule has 4 rings (SSSR count). The van der Waals surface area contributed by atoms with Crippen molar-refractivity contribution >= 4 is 27.7 Å². The van der Waals surface area contributed by atoms with Crippen molar-refractivity contribution in [2.24, 2.45) is 5.73 Å². The van der Waals surface area contributed by atoms with Crippen molar-refractivity contribution in [3.05, 3.63) is 77.4 Å². The summed E-state index contributed by atoms with van der Waals surface area (Å²) in [4.78, 5) is 12.0. The lowest BCUT2D eigenvalue weighted by Crippen LogP contribution is -2.11.